The second kappa shape index (κ2) is 9.11. The van der Waals surface area contributed by atoms with Crippen LogP contribution in [0.5, 0.6) is 11.6 Å². The minimum Gasteiger partial charge on any atom is -0.507 e. The Balaban J connectivity index is 1.26. The van der Waals surface area contributed by atoms with Crippen LogP contribution in [0.2, 0.25) is 0 Å². The summed E-state index contributed by atoms with van der Waals surface area (Å²) in [7, 11) is -2.79. The van der Waals surface area contributed by atoms with Gasteiger partial charge in [-0.25, -0.2) is 9.37 Å². The number of aromatic hydroxyl groups is 1. The number of aromatic nitrogens is 4. The molecule has 3 aromatic rings. The number of fused-ring (bicyclic) bond motifs is 2. The Hall–Kier alpha value is -3.40. The molecule has 3 fully saturated rings. The van der Waals surface area contributed by atoms with Crippen LogP contribution in [0.3, 0.4) is 0 Å². The molecule has 2 saturated heterocycles. The average molecular weight is 526 g/mol. The van der Waals surface area contributed by atoms with Gasteiger partial charge in [0.2, 0.25) is 11.8 Å². The quantitative estimate of drug-likeness (QED) is 0.442. The summed E-state index contributed by atoms with van der Waals surface area (Å²) in [5.74, 6) is -0.810. The van der Waals surface area contributed by atoms with Crippen LogP contribution in [0.15, 0.2) is 36.5 Å². The van der Waals surface area contributed by atoms with Crippen molar-refractivity contribution in [3.63, 3.8) is 0 Å². The standard InChI is InChI=1S/C28H32F2N6O2/c1-27-9-4-10-28(2,35-27)25(30)20(14-27)36(18-6-7-18)23-15-31-26(34-33-23)19-8-5-16(11-21(19)37)17-12-22(29)32-24(13-17)38-3/h5,8,11-13,15,18,20,25,35,37H,4,6-7,9-10,14H2,1-3H3/t20-,25-,27-,28+/m0/s1/i3D3. The Morgan fingerprint density at radius 1 is 1.16 bits per heavy atom. The molecule has 2 aliphatic heterocycles. The fourth-order valence-corrected chi connectivity index (χ4v) is 6.33. The van der Waals surface area contributed by atoms with Gasteiger partial charge in [-0.05, 0) is 75.6 Å². The third-order valence-electron chi connectivity index (χ3n) is 8.18. The molecule has 8 nitrogen and oxygen atoms in total. The summed E-state index contributed by atoms with van der Waals surface area (Å²) in [4.78, 5) is 10.0. The van der Waals surface area contributed by atoms with Gasteiger partial charge < -0.3 is 20.1 Å². The fraction of sp³-hybridized carbons (Fsp3) is 0.500. The molecule has 0 amide bonds. The lowest BCUT2D eigenvalue weighted by Gasteiger charge is -2.57. The van der Waals surface area contributed by atoms with Crippen LogP contribution in [0.25, 0.3) is 22.5 Å². The first-order chi connectivity index (χ1) is 19.3. The second-order valence-corrected chi connectivity index (χ2v) is 11.3. The van der Waals surface area contributed by atoms with E-state index in [1.165, 1.54) is 12.1 Å². The number of ether oxygens (including phenoxy) is 1. The van der Waals surface area contributed by atoms with Crippen molar-refractivity contribution in [1.82, 2.24) is 25.5 Å². The van der Waals surface area contributed by atoms with Gasteiger partial charge in [-0.1, -0.05) is 6.07 Å². The summed E-state index contributed by atoms with van der Waals surface area (Å²) in [5.41, 5.74) is 0.246. The van der Waals surface area contributed by atoms with Gasteiger partial charge >= 0.3 is 0 Å². The number of phenols is 1. The topological polar surface area (TPSA) is 96.3 Å². The molecule has 1 aliphatic carbocycles. The highest BCUT2D eigenvalue weighted by atomic mass is 19.1. The van der Waals surface area contributed by atoms with Crippen LogP contribution in [0.4, 0.5) is 14.6 Å². The van der Waals surface area contributed by atoms with Crippen LogP contribution in [-0.4, -0.2) is 61.6 Å². The summed E-state index contributed by atoms with van der Waals surface area (Å²) in [6.45, 7) is 4.16. The molecule has 0 unspecified atom stereocenters. The molecule has 10 heteroatoms. The Bertz CT molecular complexity index is 1460. The zero-order valence-electron chi connectivity index (χ0n) is 24.3. The third kappa shape index (κ3) is 4.44. The largest absolute Gasteiger partial charge is 0.507 e. The highest BCUT2D eigenvalue weighted by Crippen LogP contribution is 2.46. The summed E-state index contributed by atoms with van der Waals surface area (Å²) in [5, 5.41) is 23.1. The maximum atomic E-state index is 16.0. The average Bonchev–Trinajstić information content (AvgIpc) is 3.71. The summed E-state index contributed by atoms with van der Waals surface area (Å²) in [6.07, 6.45) is 5.90. The van der Waals surface area contributed by atoms with Crippen LogP contribution in [0.1, 0.15) is 56.5 Å². The Morgan fingerprint density at radius 2 is 2.00 bits per heavy atom. The summed E-state index contributed by atoms with van der Waals surface area (Å²) < 4.78 is 56.5. The number of benzene rings is 1. The SMILES string of the molecule is [2H]C([2H])([2H])Oc1cc(-c2ccc(-c3ncc(N(C4CC4)[C@H]4C[C@]5(C)CCC[C@@](C)(N5)[C@H]4F)nn3)c(O)c2)cc(F)n1. The van der Waals surface area contributed by atoms with E-state index in [1.54, 1.807) is 18.3 Å². The van der Waals surface area contributed by atoms with Gasteiger partial charge in [0.25, 0.3) is 0 Å². The summed E-state index contributed by atoms with van der Waals surface area (Å²) in [6, 6.07) is 6.80. The molecule has 200 valence electrons. The van der Waals surface area contributed by atoms with E-state index in [0.717, 1.165) is 38.2 Å². The van der Waals surface area contributed by atoms with E-state index < -0.39 is 30.6 Å². The molecule has 4 atom stereocenters. The van der Waals surface area contributed by atoms with Gasteiger partial charge in [0.15, 0.2) is 11.6 Å². The van der Waals surface area contributed by atoms with Crippen molar-refractivity contribution in [2.45, 2.75) is 81.7 Å². The number of rotatable bonds is 6. The van der Waals surface area contributed by atoms with Crippen molar-refractivity contribution >= 4 is 5.82 Å². The number of halogens is 2. The zero-order valence-corrected chi connectivity index (χ0v) is 21.3. The van der Waals surface area contributed by atoms with Crippen molar-refractivity contribution in [2.75, 3.05) is 11.9 Å². The number of hydrogen-bond acceptors (Lipinski definition) is 8. The molecule has 2 N–H and O–H groups in total. The van der Waals surface area contributed by atoms with Crippen molar-refractivity contribution in [1.29, 1.82) is 0 Å². The molecular weight excluding hydrogens is 490 g/mol. The van der Waals surface area contributed by atoms with Gasteiger partial charge in [0, 0.05) is 29.3 Å². The zero-order chi connectivity index (χ0) is 29.2. The monoisotopic (exact) mass is 525 g/mol. The maximum absolute atomic E-state index is 16.0. The van der Waals surface area contributed by atoms with E-state index in [9.17, 15) is 9.50 Å². The molecule has 3 aliphatic rings. The molecule has 1 aromatic carbocycles. The minimum atomic E-state index is -2.79. The Morgan fingerprint density at radius 3 is 2.71 bits per heavy atom. The highest BCUT2D eigenvalue weighted by molar-refractivity contribution is 5.73. The van der Waals surface area contributed by atoms with Crippen LogP contribution < -0.4 is 15.0 Å². The molecule has 4 heterocycles. The van der Waals surface area contributed by atoms with Crippen molar-refractivity contribution in [2.24, 2.45) is 0 Å². The number of phenolic OH excluding ortho intramolecular Hbond substituents is 1. The first kappa shape index (κ1) is 21.5. The highest BCUT2D eigenvalue weighted by Gasteiger charge is 2.55. The number of alkyl halides is 1. The first-order valence-corrected chi connectivity index (χ1v) is 12.9. The predicted octanol–water partition coefficient (Wildman–Crippen LogP) is 4.82. The molecule has 6 rings (SSSR count). The van der Waals surface area contributed by atoms with Crippen molar-refractivity contribution in [3.05, 3.63) is 42.5 Å². The number of nitrogens with zero attached hydrogens (tertiary/aromatic N) is 5. The normalized spacial score (nSPS) is 30.2. The number of piperidine rings is 2. The van der Waals surface area contributed by atoms with Gasteiger partial charge in [0.1, 0.15) is 11.9 Å². The van der Waals surface area contributed by atoms with Crippen LogP contribution in [0, 0.1) is 5.95 Å². The number of hydrogen-bond donors (Lipinski definition) is 2. The van der Waals surface area contributed by atoms with E-state index in [-0.39, 0.29) is 34.8 Å². The van der Waals surface area contributed by atoms with Gasteiger partial charge in [0.05, 0.1) is 29.0 Å². The van der Waals surface area contributed by atoms with Gasteiger partial charge in [-0.2, -0.15) is 9.37 Å². The number of pyridine rings is 1. The number of nitrogens with one attached hydrogen (secondary N) is 1. The summed E-state index contributed by atoms with van der Waals surface area (Å²) >= 11 is 0. The number of anilines is 1. The molecule has 2 bridgehead atoms. The molecule has 2 aromatic heterocycles. The fourth-order valence-electron chi connectivity index (χ4n) is 6.33. The Labute approximate surface area is 224 Å². The Kier molecular flexibility index (Phi) is 5.16. The van der Waals surface area contributed by atoms with E-state index in [4.69, 9.17) is 8.85 Å². The van der Waals surface area contributed by atoms with Crippen LogP contribution >= 0.6 is 0 Å². The van der Waals surface area contributed by atoms with E-state index in [0.29, 0.717) is 23.4 Å². The van der Waals surface area contributed by atoms with Crippen molar-refractivity contribution < 1.29 is 22.7 Å². The third-order valence-corrected chi connectivity index (χ3v) is 8.18. The second-order valence-electron chi connectivity index (χ2n) is 11.3. The first-order valence-electron chi connectivity index (χ1n) is 14.4. The molecule has 38 heavy (non-hydrogen) atoms. The predicted molar refractivity (Wildman–Crippen MR) is 139 cm³/mol. The number of methoxy groups -OCH3 is 1. The lowest BCUT2D eigenvalue weighted by Crippen LogP contribution is -2.73. The molecule has 0 radical (unpaired) electrons. The smallest absolute Gasteiger partial charge is 0.216 e. The lowest BCUT2D eigenvalue weighted by molar-refractivity contribution is 0.000258. The van der Waals surface area contributed by atoms with E-state index >= 15 is 4.39 Å². The van der Waals surface area contributed by atoms with E-state index in [1.807, 2.05) is 6.92 Å². The van der Waals surface area contributed by atoms with Gasteiger partial charge in [-0.15, -0.1) is 10.2 Å². The van der Waals surface area contributed by atoms with Crippen LogP contribution in [-0.2, 0) is 0 Å². The molecule has 0 spiro atoms. The van der Waals surface area contributed by atoms with E-state index in [2.05, 4.69) is 37.3 Å². The molecule has 1 saturated carbocycles. The minimum absolute atomic E-state index is 0.140. The maximum Gasteiger partial charge on any atom is 0.216 e. The van der Waals surface area contributed by atoms with Gasteiger partial charge in [-0.3, -0.25) is 0 Å². The molecular formula is C28H32F2N6O2. The lowest BCUT2D eigenvalue weighted by atomic mass is 9.68. The van der Waals surface area contributed by atoms with Crippen molar-refractivity contribution in [3.8, 4) is 34.1 Å².